The molecule has 1 N–H and O–H groups in total. The number of carbonyl (C=O) groups is 2. The van der Waals surface area contributed by atoms with Crippen LogP contribution >= 0.6 is 11.3 Å². The Labute approximate surface area is 136 Å². The molecule has 2 rings (SSSR count). The van der Waals surface area contributed by atoms with E-state index in [0.29, 0.717) is 5.56 Å². The number of hydrogen-bond donors (Lipinski definition) is 1. The van der Waals surface area contributed by atoms with E-state index in [1.807, 2.05) is 0 Å². The summed E-state index contributed by atoms with van der Waals surface area (Å²) in [6.45, 7) is 1.53. The molecule has 1 aromatic carbocycles. The summed E-state index contributed by atoms with van der Waals surface area (Å²) in [6.07, 6.45) is 0. The number of esters is 1. The van der Waals surface area contributed by atoms with E-state index in [4.69, 9.17) is 0 Å². The van der Waals surface area contributed by atoms with Crippen LogP contribution in [-0.2, 0) is 14.8 Å². The molecule has 0 unspecified atom stereocenters. The number of thiophene rings is 1. The van der Waals surface area contributed by atoms with Gasteiger partial charge in [0, 0.05) is 0 Å². The number of methoxy groups -OCH3 is 1. The summed E-state index contributed by atoms with van der Waals surface area (Å²) >= 11 is 1.02. The number of hydrogen-bond acceptors (Lipinski definition) is 7. The fourth-order valence-corrected chi connectivity index (χ4v) is 4.03. The van der Waals surface area contributed by atoms with E-state index >= 15 is 0 Å². The lowest BCUT2D eigenvalue weighted by Gasteiger charge is -2.12. The third kappa shape index (κ3) is 3.51. The van der Waals surface area contributed by atoms with Crippen LogP contribution in [0.4, 0.5) is 5.69 Å². The summed E-state index contributed by atoms with van der Waals surface area (Å²) in [7, 11) is -2.89. The summed E-state index contributed by atoms with van der Waals surface area (Å²) in [6, 6.07) is 5.06. The van der Waals surface area contributed by atoms with Crippen molar-refractivity contribution in [1.29, 1.82) is 0 Å². The van der Waals surface area contributed by atoms with E-state index < -0.39 is 22.0 Å². The molecule has 0 radical (unpaired) electrons. The Morgan fingerprint density at radius 3 is 2.57 bits per heavy atom. The molecule has 0 saturated carbocycles. The van der Waals surface area contributed by atoms with E-state index in [1.165, 1.54) is 37.6 Å². The first kappa shape index (κ1) is 17.0. The molecule has 2 aromatic rings. The van der Waals surface area contributed by atoms with Crippen molar-refractivity contribution in [3.63, 3.8) is 0 Å². The highest BCUT2D eigenvalue weighted by Gasteiger charge is 2.22. The van der Waals surface area contributed by atoms with Gasteiger partial charge in [0.1, 0.15) is 4.88 Å². The number of carbonyl (C=O) groups excluding carboxylic acids is 2. The fourth-order valence-electron chi connectivity index (χ4n) is 1.86. The second-order valence-electron chi connectivity index (χ2n) is 4.53. The average Bonchev–Trinajstić information content (AvgIpc) is 2.93. The lowest BCUT2D eigenvalue weighted by Crippen LogP contribution is -2.23. The molecule has 0 aliphatic carbocycles. The van der Waals surface area contributed by atoms with Crippen LogP contribution in [0.15, 0.2) is 34.5 Å². The molecular formula is C14H12NO6S2-. The van der Waals surface area contributed by atoms with Crippen molar-refractivity contribution in [3.8, 4) is 0 Å². The van der Waals surface area contributed by atoms with Gasteiger partial charge in [-0.2, -0.15) is 0 Å². The number of aryl methyl sites for hydroxylation is 1. The third-order valence-corrected chi connectivity index (χ3v) is 5.40. The van der Waals surface area contributed by atoms with Crippen molar-refractivity contribution < 1.29 is 27.9 Å². The Hall–Kier alpha value is -2.39. The zero-order valence-electron chi connectivity index (χ0n) is 12.2. The smallest absolute Gasteiger partial charge is 0.350 e. The van der Waals surface area contributed by atoms with Gasteiger partial charge in [-0.3, -0.25) is 4.72 Å². The summed E-state index contributed by atoms with van der Waals surface area (Å²) in [5, 5.41) is 12.4. The van der Waals surface area contributed by atoms with Crippen LogP contribution in [0.5, 0.6) is 0 Å². The van der Waals surface area contributed by atoms with E-state index in [2.05, 4.69) is 9.46 Å². The molecule has 1 aromatic heterocycles. The third-order valence-electron chi connectivity index (χ3n) is 2.99. The van der Waals surface area contributed by atoms with E-state index in [9.17, 15) is 23.1 Å². The normalized spacial score (nSPS) is 11.0. The minimum absolute atomic E-state index is 0.0695. The van der Waals surface area contributed by atoms with Crippen LogP contribution in [0, 0.1) is 6.92 Å². The van der Waals surface area contributed by atoms with Crippen LogP contribution in [0.25, 0.3) is 0 Å². The number of nitrogens with one attached hydrogen (secondary N) is 1. The Bertz CT molecular complexity index is 869. The molecule has 0 atom stereocenters. The molecule has 1 heterocycles. The number of anilines is 1. The van der Waals surface area contributed by atoms with Crippen LogP contribution < -0.4 is 9.83 Å². The predicted octanol–water partition coefficient (Wildman–Crippen LogP) is 1.01. The molecule has 0 bridgehead atoms. The number of ether oxygens (including phenoxy) is 1. The maximum absolute atomic E-state index is 12.5. The Morgan fingerprint density at radius 2 is 1.96 bits per heavy atom. The molecule has 9 heteroatoms. The second kappa shape index (κ2) is 6.39. The maximum Gasteiger partial charge on any atom is 0.350 e. The molecule has 7 nitrogen and oxygen atoms in total. The molecule has 23 heavy (non-hydrogen) atoms. The number of carboxylic acids is 1. The highest BCUT2D eigenvalue weighted by atomic mass is 32.2. The van der Waals surface area contributed by atoms with E-state index in [0.717, 1.165) is 17.4 Å². The summed E-state index contributed by atoms with van der Waals surface area (Å²) in [4.78, 5) is 22.4. The van der Waals surface area contributed by atoms with Crippen LogP contribution in [0.1, 0.15) is 25.6 Å². The molecular weight excluding hydrogens is 342 g/mol. The highest BCUT2D eigenvalue weighted by Crippen LogP contribution is 2.27. The summed E-state index contributed by atoms with van der Waals surface area (Å²) in [5.41, 5.74) is 0.173. The van der Waals surface area contributed by atoms with Crippen LogP contribution in [0.3, 0.4) is 0 Å². The zero-order valence-corrected chi connectivity index (χ0v) is 13.8. The van der Waals surface area contributed by atoms with Gasteiger partial charge in [0.15, 0.2) is 0 Å². The maximum atomic E-state index is 12.5. The molecule has 0 aliphatic heterocycles. The standard InChI is InChI=1S/C14H13NO6S2/c1-8-3-4-9(13(16)17)7-11(8)23(19,20)15-10-5-6-22-12(10)14(18)21-2/h3-7,15H,1-2H3,(H,16,17)/p-1. The first-order chi connectivity index (χ1) is 10.8. The van der Waals surface area contributed by atoms with Gasteiger partial charge in [-0.25, -0.2) is 13.2 Å². The minimum atomic E-state index is -4.08. The summed E-state index contributed by atoms with van der Waals surface area (Å²) < 4.78 is 31.8. The SMILES string of the molecule is COC(=O)c1sccc1NS(=O)(=O)c1cc(C(=O)[O-])ccc1C. The predicted molar refractivity (Wildman–Crippen MR) is 82.0 cm³/mol. The quantitative estimate of drug-likeness (QED) is 0.802. The van der Waals surface area contributed by atoms with Crippen molar-refractivity contribution >= 4 is 39.0 Å². The highest BCUT2D eigenvalue weighted by molar-refractivity contribution is 7.92. The van der Waals surface area contributed by atoms with Gasteiger partial charge in [0.25, 0.3) is 10.0 Å². The Morgan fingerprint density at radius 1 is 1.26 bits per heavy atom. The van der Waals surface area contributed by atoms with Gasteiger partial charge in [0.05, 0.1) is 23.7 Å². The molecule has 0 fully saturated rings. The van der Waals surface area contributed by atoms with Gasteiger partial charge in [-0.05, 0) is 35.6 Å². The zero-order chi connectivity index (χ0) is 17.2. The summed E-state index contributed by atoms with van der Waals surface area (Å²) in [5.74, 6) is -2.15. The lowest BCUT2D eigenvalue weighted by atomic mass is 10.1. The average molecular weight is 354 g/mol. The number of sulfonamides is 1. The number of carboxylic acid groups (broad SMARTS) is 1. The van der Waals surface area contributed by atoms with Crippen molar-refractivity contribution in [2.24, 2.45) is 0 Å². The van der Waals surface area contributed by atoms with Crippen molar-refractivity contribution in [2.75, 3.05) is 11.8 Å². The lowest BCUT2D eigenvalue weighted by molar-refractivity contribution is -0.255. The number of aromatic carboxylic acids is 1. The monoisotopic (exact) mass is 354 g/mol. The van der Waals surface area contributed by atoms with Crippen LogP contribution in [-0.4, -0.2) is 27.5 Å². The topological polar surface area (TPSA) is 113 Å². The molecule has 0 saturated heterocycles. The van der Waals surface area contributed by atoms with Crippen LogP contribution in [0.2, 0.25) is 0 Å². The number of benzene rings is 1. The first-order valence-electron chi connectivity index (χ1n) is 6.27. The molecule has 122 valence electrons. The largest absolute Gasteiger partial charge is 0.545 e. The Balaban J connectivity index is 2.44. The fraction of sp³-hybridized carbons (Fsp3) is 0.143. The van der Waals surface area contributed by atoms with E-state index in [1.54, 1.807) is 0 Å². The minimum Gasteiger partial charge on any atom is -0.545 e. The van der Waals surface area contributed by atoms with Gasteiger partial charge < -0.3 is 14.6 Å². The van der Waals surface area contributed by atoms with Crippen molar-refractivity contribution in [2.45, 2.75) is 11.8 Å². The van der Waals surface area contributed by atoms with Gasteiger partial charge in [-0.1, -0.05) is 12.1 Å². The number of rotatable bonds is 5. The molecule has 0 aliphatic rings. The van der Waals surface area contributed by atoms with E-state index in [-0.39, 0.29) is 21.0 Å². The van der Waals surface area contributed by atoms with Gasteiger partial charge >= 0.3 is 5.97 Å². The van der Waals surface area contributed by atoms with Gasteiger partial charge in [0.2, 0.25) is 0 Å². The first-order valence-corrected chi connectivity index (χ1v) is 8.63. The second-order valence-corrected chi connectivity index (χ2v) is 7.10. The molecule has 0 amide bonds. The Kier molecular flexibility index (Phi) is 4.71. The van der Waals surface area contributed by atoms with Gasteiger partial charge in [-0.15, -0.1) is 11.3 Å². The van der Waals surface area contributed by atoms with Crippen molar-refractivity contribution in [3.05, 3.63) is 45.6 Å². The van der Waals surface area contributed by atoms with Crippen molar-refractivity contribution in [1.82, 2.24) is 0 Å². The molecule has 0 spiro atoms.